The van der Waals surface area contributed by atoms with E-state index in [1.807, 2.05) is 19.1 Å². The molecule has 0 spiro atoms. The number of anilines is 2. The van der Waals surface area contributed by atoms with Crippen LogP contribution >= 0.6 is 11.6 Å². The standard InChI is InChI=1S/C13H14ClN3/c1-8-4-5-11(6-9(8)2)16-12-7-10(3)15-13(14)17-12/h4-7H,1-3H3,(H,15,16,17). The highest BCUT2D eigenvalue weighted by molar-refractivity contribution is 6.28. The fourth-order valence-electron chi connectivity index (χ4n) is 1.56. The van der Waals surface area contributed by atoms with Crippen molar-refractivity contribution < 1.29 is 0 Å². The van der Waals surface area contributed by atoms with E-state index in [-0.39, 0.29) is 5.28 Å². The van der Waals surface area contributed by atoms with Gasteiger partial charge in [-0.2, -0.15) is 0 Å². The van der Waals surface area contributed by atoms with Crippen LogP contribution in [-0.4, -0.2) is 9.97 Å². The van der Waals surface area contributed by atoms with Gasteiger partial charge in [0.15, 0.2) is 0 Å². The minimum Gasteiger partial charge on any atom is -0.340 e. The van der Waals surface area contributed by atoms with E-state index >= 15 is 0 Å². The summed E-state index contributed by atoms with van der Waals surface area (Å²) >= 11 is 5.81. The molecule has 0 atom stereocenters. The molecule has 4 heteroatoms. The van der Waals surface area contributed by atoms with Crippen LogP contribution in [0.4, 0.5) is 11.5 Å². The zero-order valence-corrected chi connectivity index (χ0v) is 10.8. The lowest BCUT2D eigenvalue weighted by Gasteiger charge is -2.08. The van der Waals surface area contributed by atoms with E-state index in [9.17, 15) is 0 Å². The van der Waals surface area contributed by atoms with Gasteiger partial charge in [-0.15, -0.1) is 0 Å². The molecule has 2 rings (SSSR count). The molecule has 0 fully saturated rings. The minimum absolute atomic E-state index is 0.260. The average Bonchev–Trinajstić information content (AvgIpc) is 2.22. The second-order valence-electron chi connectivity index (χ2n) is 4.09. The molecule has 0 radical (unpaired) electrons. The van der Waals surface area contributed by atoms with Crippen LogP contribution in [0.1, 0.15) is 16.8 Å². The molecule has 0 bridgehead atoms. The highest BCUT2D eigenvalue weighted by Crippen LogP contribution is 2.19. The van der Waals surface area contributed by atoms with E-state index in [1.54, 1.807) is 0 Å². The van der Waals surface area contributed by atoms with Crippen molar-refractivity contribution in [2.75, 3.05) is 5.32 Å². The minimum atomic E-state index is 0.260. The molecule has 2 aromatic rings. The van der Waals surface area contributed by atoms with Gasteiger partial charge in [0.2, 0.25) is 5.28 Å². The number of rotatable bonds is 2. The molecule has 17 heavy (non-hydrogen) atoms. The quantitative estimate of drug-likeness (QED) is 0.821. The van der Waals surface area contributed by atoms with E-state index in [0.29, 0.717) is 5.82 Å². The maximum atomic E-state index is 5.81. The number of hydrogen-bond acceptors (Lipinski definition) is 3. The molecular formula is C13H14ClN3. The molecular weight excluding hydrogens is 234 g/mol. The van der Waals surface area contributed by atoms with Crippen LogP contribution in [0.15, 0.2) is 24.3 Å². The van der Waals surface area contributed by atoms with Gasteiger partial charge >= 0.3 is 0 Å². The number of aryl methyl sites for hydroxylation is 3. The summed E-state index contributed by atoms with van der Waals surface area (Å²) in [6, 6.07) is 8.04. The van der Waals surface area contributed by atoms with E-state index in [4.69, 9.17) is 11.6 Å². The Morgan fingerprint density at radius 2 is 1.76 bits per heavy atom. The third-order valence-electron chi connectivity index (χ3n) is 2.61. The zero-order valence-electron chi connectivity index (χ0n) is 10.1. The number of nitrogens with one attached hydrogen (secondary N) is 1. The molecule has 0 aliphatic rings. The molecule has 0 saturated carbocycles. The SMILES string of the molecule is Cc1cc(Nc2ccc(C)c(C)c2)nc(Cl)n1. The summed E-state index contributed by atoms with van der Waals surface area (Å²) in [7, 11) is 0. The molecule has 0 unspecified atom stereocenters. The lowest BCUT2D eigenvalue weighted by Crippen LogP contribution is -1.97. The van der Waals surface area contributed by atoms with Crippen molar-refractivity contribution in [2.24, 2.45) is 0 Å². The number of nitrogens with zero attached hydrogens (tertiary/aromatic N) is 2. The fraction of sp³-hybridized carbons (Fsp3) is 0.231. The summed E-state index contributed by atoms with van der Waals surface area (Å²) in [5.41, 5.74) is 4.36. The topological polar surface area (TPSA) is 37.8 Å². The maximum absolute atomic E-state index is 5.81. The molecule has 1 aromatic carbocycles. The number of aromatic nitrogens is 2. The first-order valence-corrected chi connectivity index (χ1v) is 5.78. The Kier molecular flexibility index (Phi) is 3.29. The highest BCUT2D eigenvalue weighted by atomic mass is 35.5. The van der Waals surface area contributed by atoms with Gasteiger partial charge in [-0.3, -0.25) is 0 Å². The molecule has 0 saturated heterocycles. The van der Waals surface area contributed by atoms with Gasteiger partial charge < -0.3 is 5.32 Å². The average molecular weight is 248 g/mol. The van der Waals surface area contributed by atoms with Gasteiger partial charge in [-0.05, 0) is 55.6 Å². The maximum Gasteiger partial charge on any atom is 0.224 e. The van der Waals surface area contributed by atoms with Crippen molar-refractivity contribution in [3.63, 3.8) is 0 Å². The summed E-state index contributed by atoms with van der Waals surface area (Å²) in [5, 5.41) is 3.48. The lowest BCUT2D eigenvalue weighted by molar-refractivity contribution is 1.10. The monoisotopic (exact) mass is 247 g/mol. The van der Waals surface area contributed by atoms with Gasteiger partial charge in [-0.1, -0.05) is 6.07 Å². The molecule has 1 N–H and O–H groups in total. The first-order chi connectivity index (χ1) is 8.04. The highest BCUT2D eigenvalue weighted by Gasteiger charge is 2.01. The van der Waals surface area contributed by atoms with Crippen molar-refractivity contribution in [3.05, 3.63) is 46.4 Å². The third kappa shape index (κ3) is 2.94. The van der Waals surface area contributed by atoms with Gasteiger partial charge in [-0.25, -0.2) is 9.97 Å². The number of hydrogen-bond donors (Lipinski definition) is 1. The first kappa shape index (κ1) is 11.9. The molecule has 0 amide bonds. The molecule has 88 valence electrons. The van der Waals surface area contributed by atoms with Crippen LogP contribution in [0.3, 0.4) is 0 Å². The Morgan fingerprint density at radius 1 is 1.00 bits per heavy atom. The predicted molar refractivity (Wildman–Crippen MR) is 71.0 cm³/mol. The molecule has 0 aliphatic heterocycles. The van der Waals surface area contributed by atoms with E-state index in [2.05, 4.69) is 41.3 Å². The van der Waals surface area contributed by atoms with E-state index in [1.165, 1.54) is 11.1 Å². The molecule has 0 aliphatic carbocycles. The van der Waals surface area contributed by atoms with Crippen molar-refractivity contribution in [1.29, 1.82) is 0 Å². The van der Waals surface area contributed by atoms with Crippen LogP contribution in [0, 0.1) is 20.8 Å². The van der Waals surface area contributed by atoms with Crippen molar-refractivity contribution in [1.82, 2.24) is 9.97 Å². The molecule has 1 aromatic heterocycles. The Balaban J connectivity index is 2.28. The number of benzene rings is 1. The van der Waals surface area contributed by atoms with Crippen LogP contribution in [0.5, 0.6) is 0 Å². The number of halogens is 1. The Hall–Kier alpha value is -1.61. The molecule has 3 nitrogen and oxygen atoms in total. The van der Waals surface area contributed by atoms with E-state index in [0.717, 1.165) is 11.4 Å². The van der Waals surface area contributed by atoms with Crippen LogP contribution in [-0.2, 0) is 0 Å². The van der Waals surface area contributed by atoms with Gasteiger partial charge in [0.05, 0.1) is 0 Å². The predicted octanol–water partition coefficient (Wildman–Crippen LogP) is 3.80. The van der Waals surface area contributed by atoms with Crippen molar-refractivity contribution in [2.45, 2.75) is 20.8 Å². The third-order valence-corrected chi connectivity index (χ3v) is 2.78. The normalized spacial score (nSPS) is 10.4. The summed E-state index contributed by atoms with van der Waals surface area (Å²) in [5.74, 6) is 0.714. The van der Waals surface area contributed by atoms with Crippen molar-refractivity contribution in [3.8, 4) is 0 Å². The Labute approximate surface area is 106 Å². The molecule has 1 heterocycles. The lowest BCUT2D eigenvalue weighted by atomic mass is 10.1. The second-order valence-corrected chi connectivity index (χ2v) is 4.43. The fourth-order valence-corrected chi connectivity index (χ4v) is 1.79. The Morgan fingerprint density at radius 3 is 2.41 bits per heavy atom. The van der Waals surface area contributed by atoms with Gasteiger partial charge in [0.1, 0.15) is 5.82 Å². The first-order valence-electron chi connectivity index (χ1n) is 5.40. The smallest absolute Gasteiger partial charge is 0.224 e. The summed E-state index contributed by atoms with van der Waals surface area (Å²) in [6.45, 7) is 6.06. The largest absolute Gasteiger partial charge is 0.340 e. The summed E-state index contributed by atoms with van der Waals surface area (Å²) < 4.78 is 0. The van der Waals surface area contributed by atoms with E-state index < -0.39 is 0 Å². The van der Waals surface area contributed by atoms with Crippen LogP contribution < -0.4 is 5.32 Å². The van der Waals surface area contributed by atoms with Crippen LogP contribution in [0.2, 0.25) is 5.28 Å². The van der Waals surface area contributed by atoms with Crippen molar-refractivity contribution >= 4 is 23.1 Å². The zero-order chi connectivity index (χ0) is 12.4. The van der Waals surface area contributed by atoms with Gasteiger partial charge in [0.25, 0.3) is 0 Å². The van der Waals surface area contributed by atoms with Gasteiger partial charge in [0, 0.05) is 17.4 Å². The Bertz CT molecular complexity index is 532. The summed E-state index contributed by atoms with van der Waals surface area (Å²) in [6.07, 6.45) is 0. The second kappa shape index (κ2) is 4.72. The van der Waals surface area contributed by atoms with Crippen LogP contribution in [0.25, 0.3) is 0 Å². The summed E-state index contributed by atoms with van der Waals surface area (Å²) in [4.78, 5) is 8.15.